The second-order valence-electron chi connectivity index (χ2n) is 4.49. The highest BCUT2D eigenvalue weighted by atomic mass is 16.6. The van der Waals surface area contributed by atoms with Crippen molar-refractivity contribution in [3.63, 3.8) is 0 Å². The minimum Gasteiger partial charge on any atom is -0.304 e. The quantitative estimate of drug-likeness (QED) is 0.880. The molecule has 1 unspecified atom stereocenters. The zero-order valence-electron chi connectivity index (χ0n) is 11.1. The first-order chi connectivity index (χ1) is 8.70. The molecule has 1 aromatic carbocycles. The van der Waals surface area contributed by atoms with E-state index in [1.165, 1.54) is 11.1 Å². The molecule has 18 heavy (non-hydrogen) atoms. The van der Waals surface area contributed by atoms with Gasteiger partial charge in [0.05, 0.1) is 0 Å². The average Bonchev–Trinajstić information content (AvgIpc) is 2.81. The number of hydrogen-bond acceptors (Lipinski definition) is 4. The van der Waals surface area contributed by atoms with E-state index in [9.17, 15) is 0 Å². The fourth-order valence-corrected chi connectivity index (χ4v) is 1.82. The van der Waals surface area contributed by atoms with Crippen molar-refractivity contribution in [2.24, 2.45) is 0 Å². The Morgan fingerprint density at radius 1 is 1.22 bits per heavy atom. The first-order valence-electron chi connectivity index (χ1n) is 6.31. The molecule has 2 rings (SSSR count). The van der Waals surface area contributed by atoms with Crippen molar-refractivity contribution in [1.29, 1.82) is 0 Å². The number of benzene rings is 1. The van der Waals surface area contributed by atoms with Crippen molar-refractivity contribution >= 4 is 0 Å². The molecule has 0 aliphatic rings. The maximum atomic E-state index is 4.67. The Morgan fingerprint density at radius 3 is 2.50 bits per heavy atom. The van der Waals surface area contributed by atoms with Crippen molar-refractivity contribution < 1.29 is 4.63 Å². The van der Waals surface area contributed by atoms with Gasteiger partial charge in [0.25, 0.3) is 0 Å². The van der Waals surface area contributed by atoms with E-state index >= 15 is 0 Å². The van der Waals surface area contributed by atoms with Gasteiger partial charge in [-0.2, -0.15) is 0 Å². The number of rotatable bonds is 5. The summed E-state index contributed by atoms with van der Waals surface area (Å²) in [5.74, 6) is 0. The fourth-order valence-electron chi connectivity index (χ4n) is 1.82. The zero-order chi connectivity index (χ0) is 13.0. The minimum atomic E-state index is 0.284. The van der Waals surface area contributed by atoms with Gasteiger partial charge < -0.3 is 5.32 Å². The molecule has 0 radical (unpaired) electrons. The predicted octanol–water partition coefficient (Wildman–Crippen LogP) is 2.79. The first kappa shape index (κ1) is 12.8. The predicted molar refractivity (Wildman–Crippen MR) is 70.1 cm³/mol. The number of hydrogen-bond donors (Lipinski definition) is 1. The molecule has 0 bridgehead atoms. The molecular weight excluding hydrogens is 226 g/mol. The van der Waals surface area contributed by atoms with Crippen molar-refractivity contribution in [2.45, 2.75) is 39.8 Å². The lowest BCUT2D eigenvalue weighted by Crippen LogP contribution is -2.18. The van der Waals surface area contributed by atoms with Crippen LogP contribution in [-0.2, 0) is 13.0 Å². The van der Waals surface area contributed by atoms with Crippen LogP contribution in [0.3, 0.4) is 0 Å². The number of aromatic nitrogens is 2. The third-order valence-electron chi connectivity index (χ3n) is 3.21. The van der Waals surface area contributed by atoms with Crippen LogP contribution >= 0.6 is 0 Å². The molecule has 4 nitrogen and oxygen atoms in total. The summed E-state index contributed by atoms with van der Waals surface area (Å²) in [5, 5.41) is 11.0. The van der Waals surface area contributed by atoms with Gasteiger partial charge in [-0.05, 0) is 31.4 Å². The fraction of sp³-hybridized carbons (Fsp3) is 0.429. The Labute approximate surface area is 107 Å². The molecule has 0 amide bonds. The molecule has 0 saturated heterocycles. The lowest BCUT2D eigenvalue weighted by Gasteiger charge is -2.13. The van der Waals surface area contributed by atoms with E-state index in [4.69, 9.17) is 0 Å². The van der Waals surface area contributed by atoms with E-state index in [2.05, 4.69) is 58.4 Å². The van der Waals surface area contributed by atoms with Crippen molar-refractivity contribution in [1.82, 2.24) is 15.6 Å². The largest absolute Gasteiger partial charge is 0.304 e. The van der Waals surface area contributed by atoms with E-state index in [0.29, 0.717) is 6.54 Å². The number of nitrogens with zero attached hydrogens (tertiary/aromatic N) is 2. The van der Waals surface area contributed by atoms with E-state index in [-0.39, 0.29) is 6.04 Å². The second-order valence-corrected chi connectivity index (χ2v) is 4.49. The van der Waals surface area contributed by atoms with Gasteiger partial charge in [-0.15, -0.1) is 0 Å². The van der Waals surface area contributed by atoms with E-state index < -0.39 is 0 Å². The SMILES string of the molecule is CCc1ccc(C(C)NCc2nonc2C)cc1. The summed E-state index contributed by atoms with van der Waals surface area (Å²) in [6, 6.07) is 8.98. The summed E-state index contributed by atoms with van der Waals surface area (Å²) in [6.07, 6.45) is 1.08. The van der Waals surface area contributed by atoms with Crippen LogP contribution in [0.15, 0.2) is 28.9 Å². The van der Waals surface area contributed by atoms with Crippen LogP contribution in [0.5, 0.6) is 0 Å². The maximum Gasteiger partial charge on any atom is 0.121 e. The Morgan fingerprint density at radius 2 is 1.94 bits per heavy atom. The molecule has 4 heteroatoms. The highest BCUT2D eigenvalue weighted by molar-refractivity contribution is 5.24. The van der Waals surface area contributed by atoms with Gasteiger partial charge in [-0.1, -0.05) is 41.5 Å². The van der Waals surface area contributed by atoms with Crippen LogP contribution < -0.4 is 5.32 Å². The highest BCUT2D eigenvalue weighted by Gasteiger charge is 2.08. The molecule has 96 valence electrons. The van der Waals surface area contributed by atoms with Gasteiger partial charge in [-0.25, -0.2) is 4.63 Å². The second kappa shape index (κ2) is 5.78. The van der Waals surface area contributed by atoms with Gasteiger partial charge in [0.1, 0.15) is 11.4 Å². The first-order valence-corrected chi connectivity index (χ1v) is 6.31. The third kappa shape index (κ3) is 2.96. The molecule has 2 aromatic rings. The molecular formula is C14H19N3O. The van der Waals surface area contributed by atoms with Gasteiger partial charge in [0.2, 0.25) is 0 Å². The van der Waals surface area contributed by atoms with Gasteiger partial charge in [0.15, 0.2) is 0 Å². The lowest BCUT2D eigenvalue weighted by molar-refractivity contribution is 0.300. The lowest BCUT2D eigenvalue weighted by atomic mass is 10.0. The highest BCUT2D eigenvalue weighted by Crippen LogP contribution is 2.14. The van der Waals surface area contributed by atoms with Crippen molar-refractivity contribution in [2.75, 3.05) is 0 Å². The maximum absolute atomic E-state index is 4.67. The molecule has 0 aliphatic heterocycles. The van der Waals surface area contributed by atoms with Crippen LogP contribution in [-0.4, -0.2) is 10.3 Å². The van der Waals surface area contributed by atoms with Crippen LogP contribution in [0.2, 0.25) is 0 Å². The molecule has 1 heterocycles. The van der Waals surface area contributed by atoms with Crippen LogP contribution in [0, 0.1) is 6.92 Å². The summed E-state index contributed by atoms with van der Waals surface area (Å²) in [6.45, 7) is 6.88. The summed E-state index contributed by atoms with van der Waals surface area (Å²) >= 11 is 0. The van der Waals surface area contributed by atoms with Crippen LogP contribution in [0.4, 0.5) is 0 Å². The van der Waals surface area contributed by atoms with Gasteiger partial charge in [-0.3, -0.25) is 0 Å². The van der Waals surface area contributed by atoms with E-state index in [1.807, 2.05) is 6.92 Å². The topological polar surface area (TPSA) is 51.0 Å². The van der Waals surface area contributed by atoms with Crippen molar-refractivity contribution in [3.8, 4) is 0 Å². The molecule has 0 fully saturated rings. The Balaban J connectivity index is 1.94. The zero-order valence-corrected chi connectivity index (χ0v) is 11.1. The van der Waals surface area contributed by atoms with E-state index in [0.717, 1.165) is 17.8 Å². The number of aryl methyl sites for hydroxylation is 2. The summed E-state index contributed by atoms with van der Waals surface area (Å²) in [5.41, 5.74) is 4.35. The minimum absolute atomic E-state index is 0.284. The summed E-state index contributed by atoms with van der Waals surface area (Å²) in [4.78, 5) is 0. The smallest absolute Gasteiger partial charge is 0.121 e. The average molecular weight is 245 g/mol. The number of nitrogens with one attached hydrogen (secondary N) is 1. The third-order valence-corrected chi connectivity index (χ3v) is 3.21. The summed E-state index contributed by atoms with van der Waals surface area (Å²) < 4.78 is 4.67. The van der Waals surface area contributed by atoms with Crippen LogP contribution in [0.1, 0.15) is 42.4 Å². The molecule has 1 N–H and O–H groups in total. The molecule has 0 aliphatic carbocycles. The molecule has 1 atom stereocenters. The Kier molecular flexibility index (Phi) is 4.10. The monoisotopic (exact) mass is 245 g/mol. The van der Waals surface area contributed by atoms with Crippen LogP contribution in [0.25, 0.3) is 0 Å². The van der Waals surface area contributed by atoms with Crippen molar-refractivity contribution in [3.05, 3.63) is 46.8 Å². The van der Waals surface area contributed by atoms with E-state index in [1.54, 1.807) is 0 Å². The normalized spacial score (nSPS) is 12.6. The molecule has 1 aromatic heterocycles. The standard InChI is InChI=1S/C14H19N3O/c1-4-12-5-7-13(8-6-12)10(2)15-9-14-11(3)16-18-17-14/h5-8,10,15H,4,9H2,1-3H3. The van der Waals surface area contributed by atoms with Gasteiger partial charge >= 0.3 is 0 Å². The van der Waals surface area contributed by atoms with Gasteiger partial charge in [0, 0.05) is 12.6 Å². The molecule has 0 spiro atoms. The Hall–Kier alpha value is -1.68. The molecule has 0 saturated carbocycles. The Bertz CT molecular complexity index is 490. The summed E-state index contributed by atoms with van der Waals surface area (Å²) in [7, 11) is 0.